The Bertz CT molecular complexity index is 1970. The van der Waals surface area contributed by atoms with Crippen LogP contribution in [0.1, 0.15) is 23.0 Å². The lowest BCUT2D eigenvalue weighted by Gasteiger charge is -2.20. The summed E-state index contributed by atoms with van der Waals surface area (Å²) in [6, 6.07) is 24.2. The van der Waals surface area contributed by atoms with Gasteiger partial charge in [-0.05, 0) is 60.2 Å². The average Bonchev–Trinajstić information content (AvgIpc) is 3.91. The molecule has 248 valence electrons. The Morgan fingerprint density at radius 1 is 1.02 bits per heavy atom. The van der Waals surface area contributed by atoms with Crippen LogP contribution in [0, 0.1) is 0 Å². The molecule has 3 aromatic heterocycles. The number of nitrogens with zero attached hydrogens (tertiary/aromatic N) is 3. The molecule has 0 saturated carbocycles. The van der Waals surface area contributed by atoms with Crippen molar-refractivity contribution in [3.05, 3.63) is 103 Å². The average molecular weight is 658 g/mol. The highest BCUT2D eigenvalue weighted by atomic mass is 19.3. The maximum absolute atomic E-state index is 12.6. The summed E-state index contributed by atoms with van der Waals surface area (Å²) in [6.45, 7) is -0.526. The molecule has 0 spiro atoms. The van der Waals surface area contributed by atoms with Crippen molar-refractivity contribution in [2.24, 2.45) is 0 Å². The Morgan fingerprint density at radius 3 is 2.54 bits per heavy atom. The van der Waals surface area contributed by atoms with Crippen molar-refractivity contribution < 1.29 is 36.9 Å². The number of hydrogen-bond acceptors (Lipinski definition) is 9. The summed E-state index contributed by atoms with van der Waals surface area (Å²) in [5.74, 6) is 1.35. The van der Waals surface area contributed by atoms with Gasteiger partial charge in [0.05, 0.1) is 38.3 Å². The number of carbonyl (C=O) groups excluding carboxylic acids is 1. The van der Waals surface area contributed by atoms with Gasteiger partial charge in [-0.15, -0.1) is 0 Å². The minimum atomic E-state index is -2.87. The lowest BCUT2D eigenvalue weighted by molar-refractivity contribution is -0.175. The Hall–Kier alpha value is -5.53. The summed E-state index contributed by atoms with van der Waals surface area (Å²) in [6.07, 6.45) is 2.13. The minimum Gasteiger partial charge on any atom is -0.493 e. The molecule has 7 rings (SSSR count). The zero-order valence-corrected chi connectivity index (χ0v) is 26.1. The summed E-state index contributed by atoms with van der Waals surface area (Å²) in [7, 11) is 1.57. The van der Waals surface area contributed by atoms with Gasteiger partial charge in [-0.25, -0.2) is 0 Å². The third-order valence-corrected chi connectivity index (χ3v) is 7.67. The molecule has 48 heavy (non-hydrogen) atoms. The highest BCUT2D eigenvalue weighted by molar-refractivity contribution is 6.02. The molecule has 1 fully saturated rings. The minimum absolute atomic E-state index is 0.0768. The zero-order valence-electron chi connectivity index (χ0n) is 26.1. The third kappa shape index (κ3) is 7.37. The lowest BCUT2D eigenvalue weighted by atomic mass is 10.1. The van der Waals surface area contributed by atoms with Crippen LogP contribution >= 0.6 is 0 Å². The second-order valence-electron chi connectivity index (χ2n) is 11.0. The smallest absolute Gasteiger partial charge is 0.345 e. The molecular weight excluding hydrogens is 624 g/mol. The van der Waals surface area contributed by atoms with Crippen molar-refractivity contribution in [2.45, 2.75) is 32.3 Å². The number of hydrogen-bond donors (Lipinski definition) is 2. The van der Waals surface area contributed by atoms with E-state index in [-0.39, 0.29) is 19.0 Å². The summed E-state index contributed by atoms with van der Waals surface area (Å²) < 4.78 is 53.7. The fraction of sp³-hybridized carbons (Fsp3) is 0.229. The predicted molar refractivity (Wildman–Crippen MR) is 174 cm³/mol. The van der Waals surface area contributed by atoms with Crippen LogP contribution in [-0.4, -0.2) is 64.9 Å². The van der Waals surface area contributed by atoms with Crippen LogP contribution in [0.25, 0.3) is 33.5 Å². The number of Topliss-reactive ketones (excluding diaryl/α,β-unsaturated/α-hetero) is 1. The number of nitrogens with two attached hydrogens (primary N) is 1. The maximum Gasteiger partial charge on any atom is 0.345 e. The molecule has 2 atom stereocenters. The molecule has 1 saturated heterocycles. The van der Waals surface area contributed by atoms with Gasteiger partial charge in [-0.3, -0.25) is 14.6 Å². The van der Waals surface area contributed by atoms with Crippen LogP contribution < -0.4 is 15.2 Å². The first-order valence-electron chi connectivity index (χ1n) is 15.1. The molecule has 0 bridgehead atoms. The topological polar surface area (TPSA) is 140 Å². The number of alkyl halides is 2. The van der Waals surface area contributed by atoms with Crippen molar-refractivity contribution in [3.8, 4) is 34.0 Å². The maximum atomic E-state index is 12.6. The van der Waals surface area contributed by atoms with Crippen LogP contribution in [0.15, 0.2) is 95.7 Å². The second-order valence-corrected chi connectivity index (χ2v) is 11.0. The highest BCUT2D eigenvalue weighted by Gasteiger charge is 2.34. The van der Waals surface area contributed by atoms with Crippen LogP contribution in [0.2, 0.25) is 0 Å². The van der Waals surface area contributed by atoms with Gasteiger partial charge in [0.2, 0.25) is 0 Å². The molecule has 3 N–H and O–H groups in total. The third-order valence-electron chi connectivity index (χ3n) is 7.67. The summed E-state index contributed by atoms with van der Waals surface area (Å²) in [4.78, 5) is 11.5. The van der Waals surface area contributed by atoms with Crippen LogP contribution in [-0.2, 0) is 16.0 Å². The van der Waals surface area contributed by atoms with Crippen molar-refractivity contribution in [3.63, 3.8) is 0 Å². The molecule has 0 radical (unpaired) electrons. The van der Waals surface area contributed by atoms with E-state index in [9.17, 15) is 13.6 Å². The van der Waals surface area contributed by atoms with Gasteiger partial charge in [0.25, 0.3) is 0 Å². The fourth-order valence-corrected chi connectivity index (χ4v) is 5.31. The number of para-hydroxylation sites is 1. The van der Waals surface area contributed by atoms with Crippen molar-refractivity contribution in [1.82, 2.24) is 20.0 Å². The monoisotopic (exact) mass is 657 g/mol. The molecular formula is C35H33F2N5O6. The molecule has 11 nitrogen and oxygen atoms in total. The molecule has 6 aromatic rings. The Labute approximate surface area is 274 Å². The number of furan rings is 1. The first-order chi connectivity index (χ1) is 23.3. The van der Waals surface area contributed by atoms with Crippen LogP contribution in [0.4, 0.5) is 14.5 Å². The van der Waals surface area contributed by atoms with Gasteiger partial charge in [0.1, 0.15) is 11.9 Å². The molecule has 4 heterocycles. The Balaban J connectivity index is 0.000000182. The number of ether oxygens (including phenoxy) is 4. The Kier molecular flexibility index (Phi) is 9.78. The van der Waals surface area contributed by atoms with E-state index >= 15 is 0 Å². The second kappa shape index (κ2) is 14.5. The van der Waals surface area contributed by atoms with Gasteiger partial charge in [0, 0.05) is 41.5 Å². The predicted octanol–water partition coefficient (Wildman–Crippen LogP) is 6.60. The molecule has 0 amide bonds. The first kappa shape index (κ1) is 32.4. The van der Waals surface area contributed by atoms with Crippen molar-refractivity contribution >= 4 is 22.4 Å². The normalized spacial score (nSPS) is 15.8. The number of benzene rings is 3. The van der Waals surface area contributed by atoms with Crippen molar-refractivity contribution in [1.29, 1.82) is 0 Å². The summed E-state index contributed by atoms with van der Waals surface area (Å²) in [5, 5.41) is 12.3. The molecule has 1 aliphatic rings. The summed E-state index contributed by atoms with van der Waals surface area (Å²) in [5.41, 5.74) is 11.4. The van der Waals surface area contributed by atoms with E-state index < -0.39 is 18.8 Å². The largest absolute Gasteiger partial charge is 0.493 e. The first-order valence-corrected chi connectivity index (χ1v) is 15.1. The number of H-pyrrole nitrogens is 1. The number of rotatable bonds is 10. The number of carbonyl (C=O) groups is 1. The fourth-order valence-electron chi connectivity index (χ4n) is 5.31. The van der Waals surface area contributed by atoms with Crippen LogP contribution in [0.5, 0.6) is 11.5 Å². The van der Waals surface area contributed by atoms with Crippen LogP contribution in [0.3, 0.4) is 0 Å². The number of nitrogen functional groups attached to an aromatic ring is 1. The number of halogens is 2. The quantitative estimate of drug-likeness (QED) is 0.123. The van der Waals surface area contributed by atoms with Gasteiger partial charge in [0.15, 0.2) is 29.0 Å². The van der Waals surface area contributed by atoms with E-state index in [1.165, 1.54) is 6.92 Å². The standard InChI is InChI=1S/C21H21F2N3O3.C14H12N2O3/c22-21(23)29-20-13-27-12-19(20)28-18-4-2-1-3-16(18)17-9-10-26(25-17)11-14-5-7-15(24)8-6-14;1-8(17)13-7-10-9(11-5-6-15-16-11)3-4-12(18-2)14(10)19-13/h1-10,19-21H,11-13,24H2;3-7H,1-2H3,(H,15,16)/t19-,20?;/m1./s1. The lowest BCUT2D eigenvalue weighted by Crippen LogP contribution is -2.34. The molecule has 1 aliphatic heterocycles. The highest BCUT2D eigenvalue weighted by Crippen LogP contribution is 2.36. The number of aromatic nitrogens is 4. The summed E-state index contributed by atoms with van der Waals surface area (Å²) >= 11 is 0. The van der Waals surface area contributed by atoms with E-state index in [4.69, 9.17) is 24.4 Å². The van der Waals surface area contributed by atoms with Gasteiger partial charge < -0.3 is 29.1 Å². The number of ketones is 1. The van der Waals surface area contributed by atoms with E-state index in [1.54, 1.807) is 25.4 Å². The molecule has 13 heteroatoms. The molecule has 3 aromatic carbocycles. The number of anilines is 1. The number of nitrogens with one attached hydrogen (secondary N) is 1. The van der Waals surface area contributed by atoms with E-state index in [0.717, 1.165) is 33.5 Å². The van der Waals surface area contributed by atoms with Gasteiger partial charge in [-0.1, -0.05) is 24.3 Å². The van der Waals surface area contributed by atoms with Gasteiger partial charge in [-0.2, -0.15) is 19.0 Å². The van der Waals surface area contributed by atoms with Crippen molar-refractivity contribution in [2.75, 3.05) is 26.1 Å². The number of fused-ring (bicyclic) bond motifs is 1. The Morgan fingerprint density at radius 2 is 1.81 bits per heavy atom. The van der Waals surface area contributed by atoms with Gasteiger partial charge >= 0.3 is 6.61 Å². The molecule has 0 aliphatic carbocycles. The number of methoxy groups -OCH3 is 1. The van der Waals surface area contributed by atoms with E-state index in [1.807, 2.05) is 77.6 Å². The zero-order chi connectivity index (χ0) is 33.6. The van der Waals surface area contributed by atoms with E-state index in [2.05, 4.69) is 20.0 Å². The molecule has 1 unspecified atom stereocenters. The number of aromatic amines is 1. The SMILES string of the molecule is COc1ccc(-c2ccn[nH]2)c2cc(C(C)=O)oc12.Nc1ccc(Cn2ccc(-c3ccccc3O[C@@H]3COCC3OC(F)F)n2)cc1. The van der Waals surface area contributed by atoms with E-state index in [0.29, 0.717) is 35.1 Å².